The normalized spacial score (nSPS) is 17.5. The molecule has 1 aliphatic rings. The van der Waals surface area contributed by atoms with Gasteiger partial charge in [-0.2, -0.15) is 13.2 Å². The summed E-state index contributed by atoms with van der Waals surface area (Å²) in [5.41, 5.74) is 1.48. The van der Waals surface area contributed by atoms with Crippen LogP contribution in [0, 0.1) is 5.92 Å². The van der Waals surface area contributed by atoms with Gasteiger partial charge in [0.2, 0.25) is 0 Å². The molecule has 1 saturated heterocycles. The highest BCUT2D eigenvalue weighted by atomic mass is 19.4. The lowest BCUT2D eigenvalue weighted by atomic mass is 9.91. The third kappa shape index (κ3) is 4.31. The van der Waals surface area contributed by atoms with Gasteiger partial charge < -0.3 is 20.2 Å². The highest BCUT2D eigenvalue weighted by Gasteiger charge is 2.44. The van der Waals surface area contributed by atoms with Gasteiger partial charge >= 0.3 is 12.2 Å². The third-order valence-electron chi connectivity index (χ3n) is 4.24. The highest BCUT2D eigenvalue weighted by Crippen LogP contribution is 2.32. The molecule has 1 unspecified atom stereocenters. The second kappa shape index (κ2) is 7.29. The minimum Gasteiger partial charge on any atom is -0.383 e. The number of carbonyl (C=O) groups excluding carboxylic acids is 1. The number of halogens is 3. The van der Waals surface area contributed by atoms with Gasteiger partial charge in [0.1, 0.15) is 0 Å². The number of hydrogen-bond acceptors (Lipinski definition) is 3. The van der Waals surface area contributed by atoms with Crippen molar-refractivity contribution < 1.29 is 23.1 Å². The lowest BCUT2D eigenvalue weighted by Gasteiger charge is -2.34. The van der Waals surface area contributed by atoms with Crippen molar-refractivity contribution in [1.29, 1.82) is 0 Å². The number of alkyl halides is 3. The van der Waals surface area contributed by atoms with Gasteiger partial charge in [-0.3, -0.25) is 0 Å². The fourth-order valence-corrected chi connectivity index (χ4v) is 2.85. The van der Waals surface area contributed by atoms with Crippen molar-refractivity contribution >= 4 is 17.4 Å². The highest BCUT2D eigenvalue weighted by molar-refractivity contribution is 5.93. The molecule has 0 saturated carbocycles. The quantitative estimate of drug-likeness (QED) is 0.886. The summed E-state index contributed by atoms with van der Waals surface area (Å²) in [6, 6.07) is 6.95. The molecule has 1 heterocycles. The summed E-state index contributed by atoms with van der Waals surface area (Å²) in [7, 11) is 3.71. The Morgan fingerprint density at radius 2 is 1.88 bits per heavy atom. The number of nitrogens with zero attached hydrogens (tertiary/aromatic N) is 2. The van der Waals surface area contributed by atoms with Crippen LogP contribution in [0.1, 0.15) is 12.8 Å². The smallest absolute Gasteiger partial charge is 0.383 e. The average molecular weight is 345 g/mol. The van der Waals surface area contributed by atoms with Gasteiger partial charge in [-0.05, 0) is 30.9 Å². The van der Waals surface area contributed by atoms with Crippen molar-refractivity contribution in [3.05, 3.63) is 24.3 Å². The number of urea groups is 1. The van der Waals surface area contributed by atoms with Crippen LogP contribution in [0.3, 0.4) is 0 Å². The molecule has 8 heteroatoms. The molecule has 0 spiro atoms. The standard InChI is InChI=1S/C16H22F3N3O2/c1-21(2)13-6-4-3-5-12(13)20-15(24)22-9-7-11(8-10-22)14(23)16(17,18)19/h3-6,11,14,23H,7-10H2,1-2H3,(H,20,24). The summed E-state index contributed by atoms with van der Waals surface area (Å²) in [5, 5.41) is 12.1. The van der Waals surface area contributed by atoms with Crippen LogP contribution in [0.5, 0.6) is 0 Å². The van der Waals surface area contributed by atoms with E-state index in [0.717, 1.165) is 5.69 Å². The molecule has 2 rings (SSSR count). The maximum atomic E-state index is 12.5. The molecule has 1 aromatic carbocycles. The van der Waals surface area contributed by atoms with Crippen LogP contribution in [0.4, 0.5) is 29.3 Å². The molecule has 1 aliphatic heterocycles. The summed E-state index contributed by atoms with van der Waals surface area (Å²) in [6.07, 6.45) is -6.68. The van der Waals surface area contributed by atoms with Crippen LogP contribution < -0.4 is 10.2 Å². The number of rotatable bonds is 3. The van der Waals surface area contributed by atoms with E-state index in [4.69, 9.17) is 0 Å². The predicted octanol–water partition coefficient (Wildman–Crippen LogP) is 2.92. The van der Waals surface area contributed by atoms with Crippen molar-refractivity contribution in [3.8, 4) is 0 Å². The Morgan fingerprint density at radius 1 is 1.29 bits per heavy atom. The maximum absolute atomic E-state index is 12.5. The van der Waals surface area contributed by atoms with E-state index in [0.29, 0.717) is 5.69 Å². The van der Waals surface area contributed by atoms with Gasteiger partial charge in [0.15, 0.2) is 6.10 Å². The van der Waals surface area contributed by atoms with Crippen molar-refractivity contribution in [2.24, 2.45) is 5.92 Å². The Balaban J connectivity index is 1.94. The first-order chi connectivity index (χ1) is 11.2. The first-order valence-electron chi connectivity index (χ1n) is 7.77. The number of likely N-dealkylation sites (tertiary alicyclic amines) is 1. The number of hydrogen-bond donors (Lipinski definition) is 2. The number of amides is 2. The van der Waals surface area contributed by atoms with Crippen LogP contribution in [-0.2, 0) is 0 Å². The Labute approximate surface area is 139 Å². The SMILES string of the molecule is CN(C)c1ccccc1NC(=O)N1CCC(C(O)C(F)(F)F)CC1. The van der Waals surface area contributed by atoms with Crippen LogP contribution in [-0.4, -0.2) is 55.5 Å². The van der Waals surface area contributed by atoms with Crippen molar-refractivity contribution in [3.63, 3.8) is 0 Å². The maximum Gasteiger partial charge on any atom is 0.414 e. The number of anilines is 2. The lowest BCUT2D eigenvalue weighted by molar-refractivity contribution is -0.222. The molecule has 0 aliphatic carbocycles. The Hall–Kier alpha value is -1.96. The molecule has 1 aromatic rings. The fourth-order valence-electron chi connectivity index (χ4n) is 2.85. The predicted molar refractivity (Wildman–Crippen MR) is 86.1 cm³/mol. The Kier molecular flexibility index (Phi) is 5.58. The van der Waals surface area contributed by atoms with Gasteiger partial charge in [-0.15, -0.1) is 0 Å². The largest absolute Gasteiger partial charge is 0.414 e. The Bertz CT molecular complexity index is 570. The molecule has 1 fully saturated rings. The summed E-state index contributed by atoms with van der Waals surface area (Å²) >= 11 is 0. The number of carbonyl (C=O) groups is 1. The summed E-state index contributed by atoms with van der Waals surface area (Å²) in [6.45, 7) is 0.377. The molecule has 1 atom stereocenters. The number of benzene rings is 1. The Morgan fingerprint density at radius 3 is 2.42 bits per heavy atom. The zero-order valence-electron chi connectivity index (χ0n) is 13.7. The average Bonchev–Trinajstić information content (AvgIpc) is 2.53. The van der Waals surface area contributed by atoms with E-state index >= 15 is 0 Å². The van der Waals surface area contributed by atoms with Crippen LogP contribution in [0.15, 0.2) is 24.3 Å². The van der Waals surface area contributed by atoms with E-state index < -0.39 is 18.2 Å². The summed E-state index contributed by atoms with van der Waals surface area (Å²) in [4.78, 5) is 15.7. The number of para-hydroxylation sites is 2. The van der Waals surface area contributed by atoms with Gasteiger partial charge in [0.25, 0.3) is 0 Å². The number of aliphatic hydroxyl groups is 1. The molecular formula is C16H22F3N3O2. The summed E-state index contributed by atoms with van der Waals surface area (Å²) < 4.78 is 37.6. The zero-order chi connectivity index (χ0) is 17.9. The lowest BCUT2D eigenvalue weighted by Crippen LogP contribution is -2.46. The van der Waals surface area contributed by atoms with E-state index in [9.17, 15) is 23.1 Å². The molecule has 0 bridgehead atoms. The van der Waals surface area contributed by atoms with Crippen LogP contribution in [0.2, 0.25) is 0 Å². The first-order valence-corrected chi connectivity index (χ1v) is 7.77. The van der Waals surface area contributed by atoms with Gasteiger partial charge in [-0.25, -0.2) is 4.79 Å². The third-order valence-corrected chi connectivity index (χ3v) is 4.24. The van der Waals surface area contributed by atoms with Crippen molar-refractivity contribution in [2.45, 2.75) is 25.1 Å². The van der Waals surface area contributed by atoms with E-state index in [1.54, 1.807) is 12.1 Å². The molecular weight excluding hydrogens is 323 g/mol. The molecule has 0 aromatic heterocycles. The summed E-state index contributed by atoms with van der Waals surface area (Å²) in [5.74, 6) is -0.858. The van der Waals surface area contributed by atoms with Gasteiger partial charge in [0.05, 0.1) is 11.4 Å². The van der Waals surface area contributed by atoms with E-state index in [1.165, 1.54) is 4.90 Å². The van der Waals surface area contributed by atoms with Crippen molar-refractivity contribution in [1.82, 2.24) is 4.90 Å². The molecule has 24 heavy (non-hydrogen) atoms. The fraction of sp³-hybridized carbons (Fsp3) is 0.562. The van der Waals surface area contributed by atoms with Crippen LogP contribution in [0.25, 0.3) is 0 Å². The zero-order valence-corrected chi connectivity index (χ0v) is 13.7. The second-order valence-electron chi connectivity index (χ2n) is 6.15. The molecule has 5 nitrogen and oxygen atoms in total. The van der Waals surface area contributed by atoms with E-state index in [-0.39, 0.29) is 32.0 Å². The molecule has 2 N–H and O–H groups in total. The minimum atomic E-state index is -4.61. The monoisotopic (exact) mass is 345 g/mol. The molecule has 134 valence electrons. The molecule has 2 amide bonds. The second-order valence-corrected chi connectivity index (χ2v) is 6.15. The number of aliphatic hydroxyl groups excluding tert-OH is 1. The first kappa shape index (κ1) is 18.4. The molecule has 0 radical (unpaired) electrons. The minimum absolute atomic E-state index is 0.128. The topological polar surface area (TPSA) is 55.8 Å². The van der Waals surface area contributed by atoms with Crippen molar-refractivity contribution in [2.75, 3.05) is 37.4 Å². The van der Waals surface area contributed by atoms with E-state index in [1.807, 2.05) is 31.1 Å². The van der Waals surface area contributed by atoms with Gasteiger partial charge in [-0.1, -0.05) is 12.1 Å². The number of nitrogens with one attached hydrogen (secondary N) is 1. The van der Waals surface area contributed by atoms with Gasteiger partial charge in [0, 0.05) is 27.2 Å². The van der Waals surface area contributed by atoms with E-state index in [2.05, 4.69) is 5.32 Å². The number of piperidine rings is 1. The van der Waals surface area contributed by atoms with Crippen LogP contribution >= 0.6 is 0 Å².